The molecule has 0 aliphatic carbocycles. The zero-order chi connectivity index (χ0) is 19.2. The Morgan fingerprint density at radius 3 is 2.89 bits per heavy atom. The summed E-state index contributed by atoms with van der Waals surface area (Å²) in [4.78, 5) is 32.0. The Balaban J connectivity index is 1.38. The van der Waals surface area contributed by atoms with E-state index < -0.39 is 0 Å². The van der Waals surface area contributed by atoms with Gasteiger partial charge in [0, 0.05) is 23.2 Å². The van der Waals surface area contributed by atoms with Crippen LogP contribution in [-0.2, 0) is 9.59 Å². The number of carbonyl (C=O) groups is 2. The fourth-order valence-corrected chi connectivity index (χ4v) is 5.26. The molecule has 1 saturated heterocycles. The van der Waals surface area contributed by atoms with Crippen LogP contribution in [0.25, 0.3) is 6.08 Å². The van der Waals surface area contributed by atoms with Crippen LogP contribution in [0.15, 0.2) is 27.8 Å². The van der Waals surface area contributed by atoms with Crippen molar-refractivity contribution in [3.63, 3.8) is 0 Å². The highest BCUT2D eigenvalue weighted by Gasteiger charge is 2.31. The van der Waals surface area contributed by atoms with Crippen LogP contribution in [0.3, 0.4) is 0 Å². The van der Waals surface area contributed by atoms with Gasteiger partial charge >= 0.3 is 0 Å². The molecule has 5 nitrogen and oxygen atoms in total. The second kappa shape index (κ2) is 9.59. The van der Waals surface area contributed by atoms with Crippen LogP contribution in [0.4, 0.5) is 5.13 Å². The monoisotopic (exact) mass is 437 g/mol. The minimum atomic E-state index is -0.0196. The first kappa shape index (κ1) is 20.2. The highest BCUT2D eigenvalue weighted by molar-refractivity contribution is 8.26. The molecular weight excluding hydrogens is 418 g/mol. The van der Waals surface area contributed by atoms with Crippen LogP contribution in [0.2, 0.25) is 0 Å². The van der Waals surface area contributed by atoms with Crippen molar-refractivity contribution in [1.29, 1.82) is 0 Å². The summed E-state index contributed by atoms with van der Waals surface area (Å²) in [5.41, 5.74) is 0.909. The minimum Gasteiger partial charge on any atom is -0.302 e. The molecular formula is C18H19N3O2S4. The number of hydrogen-bond donors (Lipinski definition) is 1. The van der Waals surface area contributed by atoms with Crippen LogP contribution in [-0.4, -0.2) is 32.6 Å². The number of thiocarbonyl (C=S) groups is 1. The lowest BCUT2D eigenvalue weighted by Crippen LogP contribution is -2.29. The zero-order valence-corrected chi connectivity index (χ0v) is 18.0. The van der Waals surface area contributed by atoms with E-state index >= 15 is 0 Å². The molecule has 9 heteroatoms. The van der Waals surface area contributed by atoms with E-state index in [0.717, 1.165) is 29.8 Å². The molecule has 2 aromatic rings. The molecule has 0 radical (unpaired) electrons. The summed E-state index contributed by atoms with van der Waals surface area (Å²) < 4.78 is 0.611. The number of carbonyl (C=O) groups excluding carboxylic acids is 2. The van der Waals surface area contributed by atoms with Crippen molar-refractivity contribution in [3.05, 3.63) is 38.4 Å². The summed E-state index contributed by atoms with van der Waals surface area (Å²) in [5, 5.41) is 7.35. The number of amides is 2. The second-order valence-electron chi connectivity index (χ2n) is 6.00. The fraction of sp³-hybridized carbons (Fsp3) is 0.333. The third kappa shape index (κ3) is 5.71. The lowest BCUT2D eigenvalue weighted by molar-refractivity contribution is -0.122. The number of nitrogens with one attached hydrogen (secondary N) is 1. The molecule has 3 heterocycles. The van der Waals surface area contributed by atoms with E-state index in [1.807, 2.05) is 35.9 Å². The number of aromatic nitrogens is 1. The van der Waals surface area contributed by atoms with Gasteiger partial charge in [-0.05, 0) is 37.3 Å². The number of aryl methyl sites for hydroxylation is 1. The molecule has 0 aromatic carbocycles. The van der Waals surface area contributed by atoms with Crippen molar-refractivity contribution in [2.75, 3.05) is 11.9 Å². The van der Waals surface area contributed by atoms with Crippen LogP contribution < -0.4 is 5.32 Å². The average molecular weight is 438 g/mol. The summed E-state index contributed by atoms with van der Waals surface area (Å²) >= 11 is 9.73. The van der Waals surface area contributed by atoms with E-state index in [4.69, 9.17) is 12.2 Å². The molecule has 0 unspecified atom stereocenters. The molecule has 2 aromatic heterocycles. The molecule has 27 heavy (non-hydrogen) atoms. The SMILES string of the molecule is Cc1csc(NC(=O)CCCCCN2C(=O)/C(=C/c3cccs3)SC2=S)n1. The maximum atomic E-state index is 12.5. The third-order valence-electron chi connectivity index (χ3n) is 3.84. The summed E-state index contributed by atoms with van der Waals surface area (Å²) in [6.07, 6.45) is 4.81. The molecule has 1 aliphatic rings. The van der Waals surface area contributed by atoms with Crippen molar-refractivity contribution in [3.8, 4) is 0 Å². The largest absolute Gasteiger partial charge is 0.302 e. The van der Waals surface area contributed by atoms with Crippen molar-refractivity contribution in [1.82, 2.24) is 9.88 Å². The van der Waals surface area contributed by atoms with Gasteiger partial charge < -0.3 is 5.32 Å². The van der Waals surface area contributed by atoms with Gasteiger partial charge in [-0.3, -0.25) is 14.5 Å². The summed E-state index contributed by atoms with van der Waals surface area (Å²) in [5.74, 6) is -0.0378. The normalized spacial score (nSPS) is 15.7. The van der Waals surface area contributed by atoms with Crippen molar-refractivity contribution < 1.29 is 9.59 Å². The van der Waals surface area contributed by atoms with Crippen LogP contribution >= 0.6 is 46.7 Å². The molecule has 0 spiro atoms. The number of thiophene rings is 1. The maximum absolute atomic E-state index is 12.5. The molecule has 1 N–H and O–H groups in total. The van der Waals surface area contributed by atoms with Gasteiger partial charge in [-0.2, -0.15) is 0 Å². The number of unbranched alkanes of at least 4 members (excludes halogenated alkanes) is 2. The van der Waals surface area contributed by atoms with Crippen molar-refractivity contribution in [2.45, 2.75) is 32.6 Å². The minimum absolute atomic E-state index is 0.0183. The first-order valence-corrected chi connectivity index (χ1v) is 11.5. The Bertz CT molecular complexity index is 858. The highest BCUT2D eigenvalue weighted by atomic mass is 32.2. The van der Waals surface area contributed by atoms with Gasteiger partial charge in [-0.1, -0.05) is 36.5 Å². The molecule has 3 rings (SSSR count). The number of thiazole rings is 1. The van der Waals surface area contributed by atoms with E-state index in [2.05, 4.69) is 10.3 Å². The Hall–Kier alpha value is -1.55. The third-order valence-corrected chi connectivity index (χ3v) is 6.91. The van der Waals surface area contributed by atoms with Crippen molar-refractivity contribution >= 4 is 74.0 Å². The first-order valence-electron chi connectivity index (χ1n) is 8.54. The summed E-state index contributed by atoms with van der Waals surface area (Å²) in [6, 6.07) is 3.94. The number of anilines is 1. The van der Waals surface area contributed by atoms with Crippen LogP contribution in [0.1, 0.15) is 36.3 Å². The molecule has 1 fully saturated rings. The standard InChI is InChI=1S/C18H19N3O2S4/c1-12-11-26-17(19-12)20-15(22)7-3-2-4-8-21-16(23)14(27-18(21)24)10-13-6-5-9-25-13/h5-6,9-11H,2-4,7-8H2,1H3,(H,19,20,22)/b14-10-. The Kier molecular flexibility index (Phi) is 7.17. The maximum Gasteiger partial charge on any atom is 0.266 e. The molecule has 2 amide bonds. The quantitative estimate of drug-likeness (QED) is 0.361. The van der Waals surface area contributed by atoms with Gasteiger partial charge in [0.2, 0.25) is 5.91 Å². The van der Waals surface area contributed by atoms with Gasteiger partial charge in [0.05, 0.1) is 10.6 Å². The van der Waals surface area contributed by atoms with Crippen LogP contribution in [0, 0.1) is 6.92 Å². The predicted molar refractivity (Wildman–Crippen MR) is 118 cm³/mol. The number of nitrogens with zero attached hydrogens (tertiary/aromatic N) is 2. The van der Waals surface area contributed by atoms with Gasteiger partial charge in [0.1, 0.15) is 4.32 Å². The van der Waals surface area contributed by atoms with Crippen molar-refractivity contribution in [2.24, 2.45) is 0 Å². The van der Waals surface area contributed by atoms with Crippen LogP contribution in [0.5, 0.6) is 0 Å². The summed E-state index contributed by atoms with van der Waals surface area (Å²) in [7, 11) is 0. The number of thioether (sulfide) groups is 1. The molecule has 142 valence electrons. The smallest absolute Gasteiger partial charge is 0.266 e. The zero-order valence-electron chi connectivity index (χ0n) is 14.8. The van der Waals surface area contributed by atoms with E-state index in [1.54, 1.807) is 16.2 Å². The molecule has 0 bridgehead atoms. The predicted octanol–water partition coefficient (Wildman–Crippen LogP) is 4.91. The number of rotatable bonds is 8. The van der Waals surface area contributed by atoms with Gasteiger partial charge in [0.15, 0.2) is 5.13 Å². The van der Waals surface area contributed by atoms with Gasteiger partial charge in [0.25, 0.3) is 5.91 Å². The molecule has 1 aliphatic heterocycles. The fourth-order valence-electron chi connectivity index (χ4n) is 2.52. The Morgan fingerprint density at radius 2 is 2.19 bits per heavy atom. The number of hydrogen-bond acceptors (Lipinski definition) is 7. The average Bonchev–Trinajstić information content (AvgIpc) is 3.33. The Labute approximate surface area is 175 Å². The first-order chi connectivity index (χ1) is 13.0. The lowest BCUT2D eigenvalue weighted by atomic mass is 10.2. The van der Waals surface area contributed by atoms with E-state index in [-0.39, 0.29) is 11.8 Å². The van der Waals surface area contributed by atoms with E-state index in [9.17, 15) is 9.59 Å². The molecule has 0 saturated carbocycles. The Morgan fingerprint density at radius 1 is 1.33 bits per heavy atom. The second-order valence-corrected chi connectivity index (χ2v) is 9.51. The highest BCUT2D eigenvalue weighted by Crippen LogP contribution is 2.33. The van der Waals surface area contributed by atoms with Gasteiger partial charge in [-0.15, -0.1) is 22.7 Å². The van der Waals surface area contributed by atoms with E-state index in [1.165, 1.54) is 23.1 Å². The molecule has 0 atom stereocenters. The van der Waals surface area contributed by atoms with Gasteiger partial charge in [-0.25, -0.2) is 4.98 Å². The topological polar surface area (TPSA) is 62.3 Å². The summed E-state index contributed by atoms with van der Waals surface area (Å²) in [6.45, 7) is 2.50. The lowest BCUT2D eigenvalue weighted by Gasteiger charge is -2.13. The van der Waals surface area contributed by atoms with E-state index in [0.29, 0.717) is 27.3 Å².